The summed E-state index contributed by atoms with van der Waals surface area (Å²) in [5, 5.41) is 3.49. The van der Waals surface area contributed by atoms with E-state index in [1.54, 1.807) is 7.11 Å². The van der Waals surface area contributed by atoms with E-state index in [-0.39, 0.29) is 18.0 Å². The van der Waals surface area contributed by atoms with Gasteiger partial charge in [0.2, 0.25) is 5.91 Å². The molecule has 2 rings (SSSR count). The van der Waals surface area contributed by atoms with Crippen LogP contribution in [0.2, 0.25) is 0 Å². The molecule has 1 amide bonds. The molecule has 4 nitrogen and oxygen atoms in total. The second-order valence-electron chi connectivity index (χ2n) is 5.55. The minimum atomic E-state index is -0.160. The van der Waals surface area contributed by atoms with Crippen LogP contribution in [0.4, 0.5) is 0 Å². The van der Waals surface area contributed by atoms with Gasteiger partial charge in [-0.15, -0.1) is 0 Å². The van der Waals surface area contributed by atoms with E-state index in [0.29, 0.717) is 0 Å². The lowest BCUT2D eigenvalue weighted by Gasteiger charge is -2.26. The predicted molar refractivity (Wildman–Crippen MR) is 84.6 cm³/mol. The summed E-state index contributed by atoms with van der Waals surface area (Å²) in [5.41, 5.74) is 2.63. The fourth-order valence-corrected chi connectivity index (χ4v) is 3.06. The van der Waals surface area contributed by atoms with Crippen LogP contribution >= 0.6 is 0 Å². The first-order valence-corrected chi connectivity index (χ1v) is 7.82. The number of methoxy groups -OCH3 is 1. The average molecular weight is 290 g/mol. The maximum Gasteiger partial charge on any atom is 0.239 e. The summed E-state index contributed by atoms with van der Waals surface area (Å²) in [6, 6.07) is 6.31. The number of nitrogens with zero attached hydrogens (tertiary/aromatic N) is 1. The van der Waals surface area contributed by atoms with Crippen LogP contribution in [0.3, 0.4) is 0 Å². The van der Waals surface area contributed by atoms with Crippen LogP contribution in [0.1, 0.15) is 44.4 Å². The maximum atomic E-state index is 12.4. The number of fused-ring (bicyclic) bond motifs is 1. The lowest BCUT2D eigenvalue weighted by molar-refractivity contribution is -0.132. The molecule has 0 aliphatic heterocycles. The number of carbonyl (C=O) groups is 1. The highest BCUT2D eigenvalue weighted by Crippen LogP contribution is 2.34. The molecule has 1 aliphatic carbocycles. The third kappa shape index (κ3) is 3.38. The van der Waals surface area contributed by atoms with Gasteiger partial charge in [0.25, 0.3) is 0 Å². The number of aryl methyl sites for hydroxylation is 1. The molecule has 0 fully saturated rings. The van der Waals surface area contributed by atoms with Crippen LogP contribution < -0.4 is 10.1 Å². The third-order valence-electron chi connectivity index (χ3n) is 4.33. The quantitative estimate of drug-likeness (QED) is 0.875. The normalized spacial score (nSPS) is 18.2. The summed E-state index contributed by atoms with van der Waals surface area (Å²) in [6.45, 7) is 7.51. The molecule has 0 saturated carbocycles. The molecule has 0 saturated heterocycles. The highest BCUT2D eigenvalue weighted by molar-refractivity contribution is 5.81. The lowest BCUT2D eigenvalue weighted by Crippen LogP contribution is -2.45. The number of nitrogens with one attached hydrogen (secondary N) is 1. The van der Waals surface area contributed by atoms with Crippen molar-refractivity contribution < 1.29 is 9.53 Å². The Morgan fingerprint density at radius 1 is 1.43 bits per heavy atom. The van der Waals surface area contributed by atoms with Gasteiger partial charge in [-0.25, -0.2) is 0 Å². The standard InChI is InChI=1S/C17H26N2O2/c1-5-19(6-2)17(20)12(3)18-16-10-8-13-7-9-14(21-4)11-15(13)16/h7,9,11-12,16,18H,5-6,8,10H2,1-4H3. The topological polar surface area (TPSA) is 41.6 Å². The molecule has 0 spiro atoms. The van der Waals surface area contributed by atoms with Gasteiger partial charge in [0.05, 0.1) is 13.2 Å². The third-order valence-corrected chi connectivity index (χ3v) is 4.33. The largest absolute Gasteiger partial charge is 0.497 e. The maximum absolute atomic E-state index is 12.4. The molecule has 21 heavy (non-hydrogen) atoms. The van der Waals surface area contributed by atoms with E-state index in [2.05, 4.69) is 17.4 Å². The molecule has 1 aliphatic rings. The van der Waals surface area contributed by atoms with Gasteiger partial charge in [-0.2, -0.15) is 0 Å². The SMILES string of the molecule is CCN(CC)C(=O)C(C)NC1CCc2ccc(OC)cc21. The van der Waals surface area contributed by atoms with Gasteiger partial charge in [0.15, 0.2) is 0 Å². The molecule has 4 heteroatoms. The van der Waals surface area contributed by atoms with Crippen LogP contribution in [0.15, 0.2) is 18.2 Å². The molecular formula is C17H26N2O2. The lowest BCUT2D eigenvalue weighted by atomic mass is 10.1. The first kappa shape index (κ1) is 15.8. The Bertz CT molecular complexity index is 498. The zero-order valence-corrected chi connectivity index (χ0v) is 13.5. The van der Waals surface area contributed by atoms with Crippen molar-refractivity contribution in [3.63, 3.8) is 0 Å². The molecule has 1 aromatic rings. The summed E-state index contributed by atoms with van der Waals surface area (Å²) < 4.78 is 5.31. The van der Waals surface area contributed by atoms with Gasteiger partial charge in [0, 0.05) is 19.1 Å². The Balaban J connectivity index is 2.07. The summed E-state index contributed by atoms with van der Waals surface area (Å²) in [6.07, 6.45) is 2.10. The second kappa shape index (κ2) is 6.94. The molecule has 0 aromatic heterocycles. The first-order chi connectivity index (χ1) is 10.1. The fourth-order valence-electron chi connectivity index (χ4n) is 3.06. The fraction of sp³-hybridized carbons (Fsp3) is 0.588. The number of rotatable bonds is 6. The Morgan fingerprint density at radius 3 is 2.76 bits per heavy atom. The number of hydrogen-bond donors (Lipinski definition) is 1. The monoisotopic (exact) mass is 290 g/mol. The Labute approximate surface area is 127 Å². The van der Waals surface area contributed by atoms with Crippen molar-refractivity contribution in [2.75, 3.05) is 20.2 Å². The Hall–Kier alpha value is -1.55. The van der Waals surface area contributed by atoms with Crippen LogP contribution in [0.25, 0.3) is 0 Å². The van der Waals surface area contributed by atoms with E-state index in [4.69, 9.17) is 4.74 Å². The van der Waals surface area contributed by atoms with E-state index in [0.717, 1.165) is 31.7 Å². The molecule has 116 valence electrons. The molecule has 2 atom stereocenters. The molecule has 2 unspecified atom stereocenters. The zero-order chi connectivity index (χ0) is 15.4. The molecule has 0 bridgehead atoms. The van der Waals surface area contributed by atoms with E-state index in [9.17, 15) is 4.79 Å². The summed E-state index contributed by atoms with van der Waals surface area (Å²) in [7, 11) is 1.69. The molecular weight excluding hydrogens is 264 g/mol. The minimum Gasteiger partial charge on any atom is -0.497 e. The highest BCUT2D eigenvalue weighted by atomic mass is 16.5. The van der Waals surface area contributed by atoms with Crippen molar-refractivity contribution in [3.8, 4) is 5.75 Å². The minimum absolute atomic E-state index is 0.160. The van der Waals surface area contributed by atoms with Gasteiger partial charge in [-0.3, -0.25) is 10.1 Å². The predicted octanol–water partition coefficient (Wildman–Crippen LogP) is 2.53. The number of carbonyl (C=O) groups excluding carboxylic acids is 1. The van der Waals surface area contributed by atoms with Crippen molar-refractivity contribution in [1.82, 2.24) is 10.2 Å². The van der Waals surface area contributed by atoms with Gasteiger partial charge in [-0.1, -0.05) is 6.07 Å². The van der Waals surface area contributed by atoms with Crippen LogP contribution in [-0.4, -0.2) is 37.0 Å². The Morgan fingerprint density at radius 2 is 2.14 bits per heavy atom. The van der Waals surface area contributed by atoms with Crippen molar-refractivity contribution in [3.05, 3.63) is 29.3 Å². The Kier molecular flexibility index (Phi) is 5.23. The number of hydrogen-bond acceptors (Lipinski definition) is 3. The van der Waals surface area contributed by atoms with Crippen LogP contribution in [-0.2, 0) is 11.2 Å². The number of amides is 1. The van der Waals surface area contributed by atoms with Gasteiger partial charge in [0.1, 0.15) is 5.75 Å². The highest BCUT2D eigenvalue weighted by Gasteiger charge is 2.27. The smallest absolute Gasteiger partial charge is 0.239 e. The van der Waals surface area contributed by atoms with Crippen molar-refractivity contribution in [2.45, 2.75) is 45.7 Å². The molecule has 0 heterocycles. The summed E-state index contributed by atoms with van der Waals surface area (Å²) in [5.74, 6) is 1.06. The van der Waals surface area contributed by atoms with Crippen LogP contribution in [0.5, 0.6) is 5.75 Å². The zero-order valence-electron chi connectivity index (χ0n) is 13.5. The molecule has 0 radical (unpaired) electrons. The van der Waals surface area contributed by atoms with Crippen molar-refractivity contribution in [1.29, 1.82) is 0 Å². The summed E-state index contributed by atoms with van der Waals surface area (Å²) in [4.78, 5) is 14.2. The van der Waals surface area contributed by atoms with Gasteiger partial charge in [-0.05, 0) is 56.9 Å². The van der Waals surface area contributed by atoms with Crippen molar-refractivity contribution >= 4 is 5.91 Å². The van der Waals surface area contributed by atoms with Gasteiger partial charge >= 0.3 is 0 Å². The van der Waals surface area contributed by atoms with E-state index in [1.165, 1.54) is 11.1 Å². The molecule has 1 aromatic carbocycles. The van der Waals surface area contributed by atoms with Gasteiger partial charge < -0.3 is 9.64 Å². The number of benzene rings is 1. The number of ether oxygens (including phenoxy) is 1. The molecule has 1 N–H and O–H groups in total. The van der Waals surface area contributed by atoms with E-state index < -0.39 is 0 Å². The second-order valence-corrected chi connectivity index (χ2v) is 5.55. The van der Waals surface area contributed by atoms with E-state index in [1.807, 2.05) is 31.7 Å². The van der Waals surface area contributed by atoms with E-state index >= 15 is 0 Å². The summed E-state index contributed by atoms with van der Waals surface area (Å²) >= 11 is 0. The first-order valence-electron chi connectivity index (χ1n) is 7.82. The van der Waals surface area contributed by atoms with Crippen LogP contribution in [0, 0.1) is 0 Å². The number of likely N-dealkylation sites (N-methyl/N-ethyl adjacent to an activating group) is 1. The van der Waals surface area contributed by atoms with Crippen molar-refractivity contribution in [2.24, 2.45) is 0 Å². The average Bonchev–Trinajstić information content (AvgIpc) is 2.90.